The van der Waals surface area contributed by atoms with Crippen LogP contribution in [0.25, 0.3) is 11.0 Å². The number of carbonyl (C=O) groups is 1. The van der Waals surface area contributed by atoms with E-state index in [0.29, 0.717) is 28.2 Å². The van der Waals surface area contributed by atoms with E-state index >= 15 is 0 Å². The van der Waals surface area contributed by atoms with Crippen LogP contribution < -0.4 is 15.1 Å². The summed E-state index contributed by atoms with van der Waals surface area (Å²) in [6.07, 6.45) is 0. The van der Waals surface area contributed by atoms with Crippen molar-refractivity contribution < 1.29 is 23.4 Å². The maximum atomic E-state index is 12.5. The lowest BCUT2D eigenvalue weighted by Gasteiger charge is -2.10. The Morgan fingerprint density at radius 2 is 1.56 bits per heavy atom. The minimum Gasteiger partial charge on any atom is -0.497 e. The number of hydrogen-bond acceptors (Lipinski definition) is 6. The summed E-state index contributed by atoms with van der Waals surface area (Å²) < 4.78 is 21.0. The van der Waals surface area contributed by atoms with Gasteiger partial charge < -0.3 is 18.6 Å². The van der Waals surface area contributed by atoms with Crippen LogP contribution in [0.3, 0.4) is 0 Å². The second-order valence-corrected chi connectivity index (χ2v) is 6.20. The molecule has 140 valence electrons. The zero-order chi connectivity index (χ0) is 19.6. The molecule has 0 fully saturated rings. The SMILES string of the molecule is COc1cc(OC)cc(C(=O)OCc2cc(=O)oc3cc(C)c(C)cc23)c1. The van der Waals surface area contributed by atoms with E-state index in [9.17, 15) is 9.59 Å². The molecule has 0 atom stereocenters. The first-order chi connectivity index (χ1) is 12.9. The van der Waals surface area contributed by atoms with Crippen LogP contribution in [0.5, 0.6) is 11.5 Å². The van der Waals surface area contributed by atoms with Crippen LogP contribution >= 0.6 is 0 Å². The minimum atomic E-state index is -0.544. The largest absolute Gasteiger partial charge is 0.497 e. The molecule has 0 aliphatic rings. The molecule has 0 aliphatic carbocycles. The average Bonchev–Trinajstić information content (AvgIpc) is 2.66. The molecule has 6 heteroatoms. The predicted octanol–water partition coefficient (Wildman–Crippen LogP) is 3.78. The summed E-state index contributed by atoms with van der Waals surface area (Å²) in [7, 11) is 3.01. The smallest absolute Gasteiger partial charge is 0.338 e. The van der Waals surface area contributed by atoms with Gasteiger partial charge in [0.25, 0.3) is 0 Å². The number of hydrogen-bond donors (Lipinski definition) is 0. The molecule has 0 saturated carbocycles. The summed E-state index contributed by atoms with van der Waals surface area (Å²) >= 11 is 0. The Labute approximate surface area is 156 Å². The summed E-state index contributed by atoms with van der Waals surface area (Å²) in [6, 6.07) is 9.87. The Hall–Kier alpha value is -3.28. The van der Waals surface area contributed by atoms with Gasteiger partial charge in [0.05, 0.1) is 19.8 Å². The molecule has 0 saturated heterocycles. The molecule has 0 radical (unpaired) electrons. The van der Waals surface area contributed by atoms with E-state index in [-0.39, 0.29) is 6.61 Å². The number of ether oxygens (including phenoxy) is 3. The molecular weight excluding hydrogens is 348 g/mol. The number of aryl methyl sites for hydroxylation is 2. The topological polar surface area (TPSA) is 75.0 Å². The van der Waals surface area contributed by atoms with E-state index in [1.54, 1.807) is 18.2 Å². The summed E-state index contributed by atoms with van der Waals surface area (Å²) in [5, 5.41) is 0.744. The molecule has 27 heavy (non-hydrogen) atoms. The van der Waals surface area contributed by atoms with E-state index in [0.717, 1.165) is 16.5 Å². The molecule has 3 rings (SSSR count). The molecule has 1 aromatic heterocycles. The van der Waals surface area contributed by atoms with Gasteiger partial charge in [-0.15, -0.1) is 0 Å². The van der Waals surface area contributed by atoms with Gasteiger partial charge >= 0.3 is 11.6 Å². The second kappa shape index (κ2) is 7.53. The monoisotopic (exact) mass is 368 g/mol. The Morgan fingerprint density at radius 3 is 2.19 bits per heavy atom. The van der Waals surface area contributed by atoms with Crippen LogP contribution in [0, 0.1) is 13.8 Å². The summed E-state index contributed by atoms with van der Waals surface area (Å²) in [5.74, 6) is 0.425. The molecule has 2 aromatic carbocycles. The molecule has 1 heterocycles. The molecule has 0 bridgehead atoms. The number of benzene rings is 2. The van der Waals surface area contributed by atoms with Crippen molar-refractivity contribution in [3.63, 3.8) is 0 Å². The van der Waals surface area contributed by atoms with Gasteiger partial charge in [0.15, 0.2) is 0 Å². The van der Waals surface area contributed by atoms with Crippen molar-refractivity contribution in [1.82, 2.24) is 0 Å². The fourth-order valence-electron chi connectivity index (χ4n) is 2.75. The van der Waals surface area contributed by atoms with Crippen molar-refractivity contribution in [2.45, 2.75) is 20.5 Å². The number of methoxy groups -OCH3 is 2. The Bertz CT molecular complexity index is 1040. The molecule has 0 spiro atoms. The Kier molecular flexibility index (Phi) is 5.16. The van der Waals surface area contributed by atoms with Crippen molar-refractivity contribution in [1.29, 1.82) is 0 Å². The maximum absolute atomic E-state index is 12.5. The van der Waals surface area contributed by atoms with Crippen LogP contribution in [0.4, 0.5) is 0 Å². The second-order valence-electron chi connectivity index (χ2n) is 6.20. The van der Waals surface area contributed by atoms with Crippen LogP contribution in [-0.2, 0) is 11.3 Å². The Balaban J connectivity index is 1.90. The van der Waals surface area contributed by atoms with E-state index in [1.807, 2.05) is 26.0 Å². The lowest BCUT2D eigenvalue weighted by molar-refractivity contribution is 0.0473. The van der Waals surface area contributed by atoms with E-state index in [2.05, 4.69) is 0 Å². The first-order valence-corrected chi connectivity index (χ1v) is 8.35. The van der Waals surface area contributed by atoms with Gasteiger partial charge in [0.1, 0.15) is 23.7 Å². The number of esters is 1. The third-order valence-electron chi connectivity index (χ3n) is 4.39. The highest BCUT2D eigenvalue weighted by molar-refractivity contribution is 5.90. The van der Waals surface area contributed by atoms with E-state index in [1.165, 1.54) is 20.3 Å². The molecule has 3 aromatic rings. The van der Waals surface area contributed by atoms with Crippen LogP contribution in [0.1, 0.15) is 27.0 Å². The molecule has 0 N–H and O–H groups in total. The van der Waals surface area contributed by atoms with Gasteiger partial charge in [-0.2, -0.15) is 0 Å². The summed E-state index contributed by atoms with van der Waals surface area (Å²) in [5.41, 5.74) is 2.95. The fraction of sp³-hybridized carbons (Fsp3) is 0.238. The van der Waals surface area contributed by atoms with Crippen LogP contribution in [-0.4, -0.2) is 20.2 Å². The molecule has 0 aliphatic heterocycles. The van der Waals surface area contributed by atoms with Crippen LogP contribution in [0.15, 0.2) is 45.6 Å². The average molecular weight is 368 g/mol. The zero-order valence-corrected chi connectivity index (χ0v) is 15.6. The highest BCUT2D eigenvalue weighted by Crippen LogP contribution is 2.25. The van der Waals surface area contributed by atoms with Crippen molar-refractivity contribution in [3.05, 3.63) is 69.1 Å². The Morgan fingerprint density at radius 1 is 0.926 bits per heavy atom. The zero-order valence-electron chi connectivity index (χ0n) is 15.6. The normalized spacial score (nSPS) is 10.7. The summed E-state index contributed by atoms with van der Waals surface area (Å²) in [6.45, 7) is 3.86. The van der Waals surface area contributed by atoms with Crippen molar-refractivity contribution in [2.75, 3.05) is 14.2 Å². The van der Waals surface area contributed by atoms with Gasteiger partial charge in [0.2, 0.25) is 0 Å². The van der Waals surface area contributed by atoms with Crippen molar-refractivity contribution >= 4 is 16.9 Å². The van der Waals surface area contributed by atoms with Gasteiger partial charge in [-0.25, -0.2) is 9.59 Å². The first-order valence-electron chi connectivity index (χ1n) is 8.35. The number of fused-ring (bicyclic) bond motifs is 1. The maximum Gasteiger partial charge on any atom is 0.338 e. The van der Waals surface area contributed by atoms with Gasteiger partial charge in [-0.1, -0.05) is 0 Å². The van der Waals surface area contributed by atoms with Gasteiger partial charge in [0, 0.05) is 23.1 Å². The standard InChI is InChI=1S/C21H20O6/c1-12-5-18-15(9-20(22)27-19(18)6-13(12)2)11-26-21(23)14-7-16(24-3)10-17(8-14)25-4/h5-10H,11H2,1-4H3. The number of rotatable bonds is 5. The van der Waals surface area contributed by atoms with Gasteiger partial charge in [-0.05, 0) is 49.2 Å². The van der Waals surface area contributed by atoms with E-state index < -0.39 is 11.6 Å². The molecule has 0 amide bonds. The quantitative estimate of drug-likeness (QED) is 0.504. The van der Waals surface area contributed by atoms with Crippen molar-refractivity contribution in [3.8, 4) is 11.5 Å². The fourth-order valence-corrected chi connectivity index (χ4v) is 2.75. The predicted molar refractivity (Wildman–Crippen MR) is 101 cm³/mol. The lowest BCUT2D eigenvalue weighted by atomic mass is 10.0. The highest BCUT2D eigenvalue weighted by atomic mass is 16.5. The third-order valence-corrected chi connectivity index (χ3v) is 4.39. The minimum absolute atomic E-state index is 0.0526. The van der Waals surface area contributed by atoms with Gasteiger partial charge in [-0.3, -0.25) is 0 Å². The first kappa shape index (κ1) is 18.5. The third kappa shape index (κ3) is 3.95. The van der Waals surface area contributed by atoms with Crippen molar-refractivity contribution in [2.24, 2.45) is 0 Å². The highest BCUT2D eigenvalue weighted by Gasteiger charge is 2.14. The summed E-state index contributed by atoms with van der Waals surface area (Å²) in [4.78, 5) is 24.3. The lowest BCUT2D eigenvalue weighted by Crippen LogP contribution is -2.08. The van der Waals surface area contributed by atoms with Crippen LogP contribution in [0.2, 0.25) is 0 Å². The van der Waals surface area contributed by atoms with E-state index in [4.69, 9.17) is 18.6 Å². The molecule has 6 nitrogen and oxygen atoms in total. The molecular formula is C21H20O6. The molecule has 0 unspecified atom stereocenters. The number of carbonyl (C=O) groups excluding carboxylic acids is 1.